The summed E-state index contributed by atoms with van der Waals surface area (Å²) in [7, 11) is 0. The number of aromatic nitrogens is 2. The van der Waals surface area contributed by atoms with Gasteiger partial charge in [-0.2, -0.15) is 0 Å². The molecule has 1 heterocycles. The maximum Gasteiger partial charge on any atom is 0.147 e. The van der Waals surface area contributed by atoms with Crippen molar-refractivity contribution in [2.75, 3.05) is 5.73 Å². The van der Waals surface area contributed by atoms with Crippen LogP contribution in [-0.4, -0.2) is 9.55 Å². The zero-order valence-corrected chi connectivity index (χ0v) is 11.9. The highest BCUT2D eigenvalue weighted by Gasteiger charge is 2.30. The molecule has 1 aliphatic rings. The van der Waals surface area contributed by atoms with E-state index in [2.05, 4.69) is 4.98 Å². The quantitative estimate of drug-likeness (QED) is 0.718. The molecule has 2 aromatic carbocycles. The van der Waals surface area contributed by atoms with E-state index in [1.807, 2.05) is 16.7 Å². The first-order chi connectivity index (χ1) is 10.1. The molecular weight excluding hydrogens is 289 g/mol. The van der Waals surface area contributed by atoms with E-state index in [9.17, 15) is 4.39 Å². The monoisotopic (exact) mass is 301 g/mol. The zero-order valence-electron chi connectivity index (χ0n) is 11.2. The number of fused-ring (bicyclic) bond motifs is 1. The van der Waals surface area contributed by atoms with Gasteiger partial charge in [0.1, 0.15) is 11.6 Å². The number of hydrogen-bond acceptors (Lipinski definition) is 2. The van der Waals surface area contributed by atoms with Crippen LogP contribution >= 0.6 is 11.6 Å². The number of rotatable bonds is 2. The lowest BCUT2D eigenvalue weighted by Crippen LogP contribution is -2.02. The highest BCUT2D eigenvalue weighted by atomic mass is 35.5. The summed E-state index contributed by atoms with van der Waals surface area (Å²) < 4.78 is 16.1. The third kappa shape index (κ3) is 2.07. The second-order valence-corrected chi connectivity index (χ2v) is 5.86. The fourth-order valence-electron chi connectivity index (χ4n) is 2.64. The van der Waals surface area contributed by atoms with E-state index in [1.165, 1.54) is 6.07 Å². The Bertz CT molecular complexity index is 852. The van der Waals surface area contributed by atoms with Crippen molar-refractivity contribution in [2.24, 2.45) is 0 Å². The number of imidazole rings is 1. The lowest BCUT2D eigenvalue weighted by Gasteiger charge is -2.10. The van der Waals surface area contributed by atoms with E-state index < -0.39 is 0 Å². The molecule has 3 aromatic rings. The summed E-state index contributed by atoms with van der Waals surface area (Å²) in [5, 5.41) is 0.505. The van der Waals surface area contributed by atoms with Gasteiger partial charge >= 0.3 is 0 Å². The summed E-state index contributed by atoms with van der Waals surface area (Å²) in [5.41, 5.74) is 8.56. The van der Waals surface area contributed by atoms with Crippen molar-refractivity contribution in [3.63, 3.8) is 0 Å². The first-order valence-electron chi connectivity index (χ1n) is 6.87. The standard InChI is InChI=1S/C16H13ClFN3/c17-10-3-5-12(18)15(7-10)21-14-6-4-11(19)8-13(14)20-16(21)9-1-2-9/h3-9H,1-2,19H2. The molecule has 0 spiro atoms. The van der Waals surface area contributed by atoms with Crippen LogP contribution in [0.2, 0.25) is 5.02 Å². The zero-order chi connectivity index (χ0) is 14.6. The molecule has 0 bridgehead atoms. The third-order valence-corrected chi connectivity index (χ3v) is 4.03. The normalized spacial score (nSPS) is 14.8. The minimum atomic E-state index is -0.308. The van der Waals surface area contributed by atoms with E-state index in [0.29, 0.717) is 22.3 Å². The average molecular weight is 302 g/mol. The molecule has 0 atom stereocenters. The van der Waals surface area contributed by atoms with Crippen LogP contribution in [-0.2, 0) is 0 Å². The van der Waals surface area contributed by atoms with Crippen molar-refractivity contribution in [3.8, 4) is 5.69 Å². The Hall–Kier alpha value is -2.07. The van der Waals surface area contributed by atoms with Gasteiger partial charge < -0.3 is 5.73 Å². The molecule has 21 heavy (non-hydrogen) atoms. The number of hydrogen-bond donors (Lipinski definition) is 1. The molecule has 1 fully saturated rings. The Labute approximate surface area is 126 Å². The molecule has 2 N–H and O–H groups in total. The van der Waals surface area contributed by atoms with Gasteiger partial charge in [0.25, 0.3) is 0 Å². The molecule has 0 saturated heterocycles. The fourth-order valence-corrected chi connectivity index (χ4v) is 2.81. The Morgan fingerprint density at radius 2 is 2.00 bits per heavy atom. The minimum absolute atomic E-state index is 0.308. The number of halogens is 2. The number of benzene rings is 2. The summed E-state index contributed by atoms with van der Waals surface area (Å²) >= 11 is 6.04. The van der Waals surface area contributed by atoms with Gasteiger partial charge in [0.2, 0.25) is 0 Å². The third-order valence-electron chi connectivity index (χ3n) is 3.80. The molecule has 3 nitrogen and oxygen atoms in total. The number of nitrogens with two attached hydrogens (primary N) is 1. The fraction of sp³-hybridized carbons (Fsp3) is 0.188. The smallest absolute Gasteiger partial charge is 0.147 e. The summed E-state index contributed by atoms with van der Waals surface area (Å²) in [6.07, 6.45) is 2.17. The van der Waals surface area contributed by atoms with Crippen molar-refractivity contribution in [1.82, 2.24) is 9.55 Å². The SMILES string of the molecule is Nc1ccc2c(c1)nc(C1CC1)n2-c1cc(Cl)ccc1F. The number of anilines is 1. The van der Waals surface area contributed by atoms with Crippen molar-refractivity contribution in [1.29, 1.82) is 0 Å². The van der Waals surface area contributed by atoms with Crippen LogP contribution < -0.4 is 5.73 Å². The molecule has 0 radical (unpaired) electrons. The number of nitrogens with zero attached hydrogens (tertiary/aromatic N) is 2. The van der Waals surface area contributed by atoms with E-state index >= 15 is 0 Å². The predicted molar refractivity (Wildman–Crippen MR) is 82.4 cm³/mol. The largest absolute Gasteiger partial charge is 0.399 e. The van der Waals surface area contributed by atoms with Crippen molar-refractivity contribution in [3.05, 3.63) is 53.1 Å². The Morgan fingerprint density at radius 1 is 1.19 bits per heavy atom. The van der Waals surface area contributed by atoms with Gasteiger partial charge in [0.15, 0.2) is 0 Å². The van der Waals surface area contributed by atoms with Crippen LogP contribution in [0.3, 0.4) is 0 Å². The average Bonchev–Trinajstić information content (AvgIpc) is 3.23. The molecule has 1 saturated carbocycles. The van der Waals surface area contributed by atoms with Crippen LogP contribution in [0.1, 0.15) is 24.6 Å². The second-order valence-electron chi connectivity index (χ2n) is 5.42. The van der Waals surface area contributed by atoms with Crippen molar-refractivity contribution in [2.45, 2.75) is 18.8 Å². The van der Waals surface area contributed by atoms with Gasteiger partial charge in [0, 0.05) is 16.6 Å². The lowest BCUT2D eigenvalue weighted by atomic mass is 10.2. The van der Waals surface area contributed by atoms with Gasteiger partial charge in [-0.3, -0.25) is 4.57 Å². The lowest BCUT2D eigenvalue weighted by molar-refractivity contribution is 0.616. The van der Waals surface area contributed by atoms with E-state index in [-0.39, 0.29) is 5.82 Å². The van der Waals surface area contributed by atoms with E-state index in [4.69, 9.17) is 17.3 Å². The van der Waals surface area contributed by atoms with E-state index in [0.717, 1.165) is 29.7 Å². The van der Waals surface area contributed by atoms with Gasteiger partial charge in [-0.15, -0.1) is 0 Å². The molecule has 0 aliphatic heterocycles. The molecule has 1 aromatic heterocycles. The molecule has 106 valence electrons. The summed E-state index contributed by atoms with van der Waals surface area (Å²) in [6.45, 7) is 0. The van der Waals surface area contributed by atoms with Gasteiger partial charge in [-0.1, -0.05) is 11.6 Å². The van der Waals surface area contributed by atoms with Gasteiger partial charge in [0.05, 0.1) is 16.7 Å². The maximum absolute atomic E-state index is 14.3. The van der Waals surface area contributed by atoms with Crippen molar-refractivity contribution < 1.29 is 4.39 Å². The van der Waals surface area contributed by atoms with Crippen LogP contribution in [0, 0.1) is 5.82 Å². The molecule has 0 amide bonds. The summed E-state index contributed by atoms with van der Waals surface area (Å²) in [4.78, 5) is 4.66. The van der Waals surface area contributed by atoms with E-state index in [1.54, 1.807) is 18.2 Å². The minimum Gasteiger partial charge on any atom is -0.399 e. The Morgan fingerprint density at radius 3 is 2.76 bits per heavy atom. The molecular formula is C16H13ClFN3. The first-order valence-corrected chi connectivity index (χ1v) is 7.24. The Kier molecular flexibility index (Phi) is 2.69. The van der Waals surface area contributed by atoms with Crippen LogP contribution in [0.5, 0.6) is 0 Å². The summed E-state index contributed by atoms with van der Waals surface area (Å²) in [6, 6.07) is 10.1. The molecule has 0 unspecified atom stereocenters. The maximum atomic E-state index is 14.3. The van der Waals surface area contributed by atoms with Crippen LogP contribution in [0.15, 0.2) is 36.4 Å². The van der Waals surface area contributed by atoms with Crippen molar-refractivity contribution >= 4 is 28.3 Å². The van der Waals surface area contributed by atoms with Gasteiger partial charge in [-0.05, 0) is 49.2 Å². The van der Waals surface area contributed by atoms with Gasteiger partial charge in [-0.25, -0.2) is 9.37 Å². The highest BCUT2D eigenvalue weighted by molar-refractivity contribution is 6.30. The predicted octanol–water partition coefficient (Wildman–Crippen LogP) is 4.28. The molecule has 4 rings (SSSR count). The summed E-state index contributed by atoms with van der Waals surface area (Å²) in [5.74, 6) is 0.964. The highest BCUT2D eigenvalue weighted by Crippen LogP contribution is 2.42. The number of nitrogen functional groups attached to an aromatic ring is 1. The van der Waals surface area contributed by atoms with Crippen LogP contribution in [0.25, 0.3) is 16.7 Å². The molecule has 1 aliphatic carbocycles. The first kappa shape index (κ1) is 12.7. The molecule has 5 heteroatoms. The second kappa shape index (κ2) is 4.46. The Balaban J connectivity index is 2.06. The topological polar surface area (TPSA) is 43.8 Å². The van der Waals surface area contributed by atoms with Crippen LogP contribution in [0.4, 0.5) is 10.1 Å².